The maximum atomic E-state index is 12.3. The van der Waals surface area contributed by atoms with Crippen molar-refractivity contribution in [3.63, 3.8) is 0 Å². The van der Waals surface area contributed by atoms with Crippen molar-refractivity contribution in [2.45, 2.75) is 32.6 Å². The molecule has 1 fully saturated rings. The fourth-order valence-corrected chi connectivity index (χ4v) is 3.34. The molecule has 2 aromatic rings. The molecule has 2 heterocycles. The number of hydrogen-bond acceptors (Lipinski definition) is 3. The summed E-state index contributed by atoms with van der Waals surface area (Å²) in [6, 6.07) is 10.6. The van der Waals surface area contributed by atoms with Crippen molar-refractivity contribution >= 4 is 11.7 Å². The zero-order chi connectivity index (χ0) is 16.2. The van der Waals surface area contributed by atoms with Crippen molar-refractivity contribution in [1.82, 2.24) is 15.1 Å². The number of H-pyrrole nitrogens is 1. The minimum absolute atomic E-state index is 0.0138. The Morgan fingerprint density at radius 2 is 2.17 bits per heavy atom. The Morgan fingerprint density at radius 1 is 1.39 bits per heavy atom. The van der Waals surface area contributed by atoms with Crippen LogP contribution in [0.4, 0.5) is 5.82 Å². The number of aromatic amines is 1. The lowest BCUT2D eigenvalue weighted by atomic mass is 9.99. The van der Waals surface area contributed by atoms with E-state index in [0.29, 0.717) is 18.3 Å². The highest BCUT2D eigenvalue weighted by Gasteiger charge is 2.25. The maximum absolute atomic E-state index is 12.3. The molecule has 0 spiro atoms. The molecule has 0 aliphatic carbocycles. The van der Waals surface area contributed by atoms with E-state index in [4.69, 9.17) is 0 Å². The van der Waals surface area contributed by atoms with Gasteiger partial charge in [0.25, 0.3) is 0 Å². The second kappa shape index (κ2) is 6.96. The fraction of sp³-hybridized carbons (Fsp3) is 0.444. The predicted molar refractivity (Wildman–Crippen MR) is 91.6 cm³/mol. The molecule has 0 bridgehead atoms. The van der Waals surface area contributed by atoms with Crippen LogP contribution in [-0.2, 0) is 11.2 Å². The Morgan fingerprint density at radius 3 is 2.91 bits per heavy atom. The van der Waals surface area contributed by atoms with Gasteiger partial charge < -0.3 is 5.32 Å². The van der Waals surface area contributed by atoms with Gasteiger partial charge in [0.05, 0.1) is 6.54 Å². The summed E-state index contributed by atoms with van der Waals surface area (Å²) in [6.07, 6.45) is 1.97. The number of benzene rings is 1. The Bertz CT molecular complexity index is 665. The first-order chi connectivity index (χ1) is 11.2. The van der Waals surface area contributed by atoms with E-state index in [1.54, 1.807) is 0 Å². The van der Waals surface area contributed by atoms with Crippen LogP contribution in [0.2, 0.25) is 0 Å². The molecule has 5 heteroatoms. The first-order valence-electron chi connectivity index (χ1n) is 8.28. The Kier molecular flexibility index (Phi) is 4.76. The SMILES string of the molecule is CCc1c(NC(=O)CN2CCC(c3ccccc3)C2)n[nH]c1C. The van der Waals surface area contributed by atoms with Gasteiger partial charge in [0.15, 0.2) is 5.82 Å². The third-order valence-electron chi connectivity index (χ3n) is 4.60. The van der Waals surface area contributed by atoms with Gasteiger partial charge in [-0.1, -0.05) is 37.3 Å². The predicted octanol–water partition coefficient (Wildman–Crippen LogP) is 2.71. The molecule has 1 aliphatic heterocycles. The van der Waals surface area contributed by atoms with Crippen LogP contribution in [0, 0.1) is 6.92 Å². The van der Waals surface area contributed by atoms with Crippen LogP contribution in [-0.4, -0.2) is 40.6 Å². The third-order valence-corrected chi connectivity index (χ3v) is 4.60. The highest BCUT2D eigenvalue weighted by molar-refractivity contribution is 5.92. The highest BCUT2D eigenvalue weighted by atomic mass is 16.2. The van der Waals surface area contributed by atoms with Crippen molar-refractivity contribution in [2.24, 2.45) is 0 Å². The molecule has 1 aliphatic rings. The molecule has 1 amide bonds. The molecule has 0 radical (unpaired) electrons. The van der Waals surface area contributed by atoms with Gasteiger partial charge in [-0.05, 0) is 37.8 Å². The second-order valence-corrected chi connectivity index (χ2v) is 6.21. The van der Waals surface area contributed by atoms with Crippen LogP contribution in [0.1, 0.15) is 36.1 Å². The van der Waals surface area contributed by atoms with Gasteiger partial charge in [-0.2, -0.15) is 5.10 Å². The monoisotopic (exact) mass is 312 g/mol. The van der Waals surface area contributed by atoms with E-state index in [1.807, 2.05) is 13.0 Å². The van der Waals surface area contributed by atoms with Gasteiger partial charge in [0.1, 0.15) is 0 Å². The lowest BCUT2D eigenvalue weighted by molar-refractivity contribution is -0.117. The standard InChI is InChI=1S/C18H24N4O/c1-3-16-13(2)20-21-18(16)19-17(23)12-22-10-9-15(11-22)14-7-5-4-6-8-14/h4-8,15H,3,9-12H2,1-2H3,(H2,19,20,21,23). The van der Waals surface area contributed by atoms with E-state index >= 15 is 0 Å². The summed E-state index contributed by atoms with van der Waals surface area (Å²) in [4.78, 5) is 14.5. The van der Waals surface area contributed by atoms with Crippen molar-refractivity contribution in [3.05, 3.63) is 47.2 Å². The largest absolute Gasteiger partial charge is 0.308 e. The third kappa shape index (κ3) is 3.62. The normalized spacial score (nSPS) is 18.3. The zero-order valence-electron chi connectivity index (χ0n) is 13.8. The molecule has 23 heavy (non-hydrogen) atoms. The molecule has 3 rings (SSSR count). The van der Waals surface area contributed by atoms with E-state index in [0.717, 1.165) is 37.2 Å². The lowest BCUT2D eigenvalue weighted by Crippen LogP contribution is -2.31. The number of nitrogens with one attached hydrogen (secondary N) is 2. The molecular weight excluding hydrogens is 288 g/mol. The quantitative estimate of drug-likeness (QED) is 0.892. The van der Waals surface area contributed by atoms with Crippen molar-refractivity contribution in [2.75, 3.05) is 25.0 Å². The average Bonchev–Trinajstić information content (AvgIpc) is 3.15. The van der Waals surface area contributed by atoms with Gasteiger partial charge in [-0.3, -0.25) is 14.8 Å². The lowest BCUT2D eigenvalue weighted by Gasteiger charge is -2.15. The summed E-state index contributed by atoms with van der Waals surface area (Å²) in [7, 11) is 0. The molecule has 2 N–H and O–H groups in total. The number of likely N-dealkylation sites (tertiary alicyclic amines) is 1. The molecule has 1 atom stereocenters. The topological polar surface area (TPSA) is 61.0 Å². The number of anilines is 1. The smallest absolute Gasteiger partial charge is 0.239 e. The number of carbonyl (C=O) groups is 1. The van der Waals surface area contributed by atoms with E-state index in [1.165, 1.54) is 5.56 Å². The Labute approximate surface area is 137 Å². The number of rotatable bonds is 5. The molecule has 1 aromatic heterocycles. The van der Waals surface area contributed by atoms with E-state index in [-0.39, 0.29) is 5.91 Å². The first kappa shape index (κ1) is 15.7. The van der Waals surface area contributed by atoms with Gasteiger partial charge in [0.2, 0.25) is 5.91 Å². The van der Waals surface area contributed by atoms with Gasteiger partial charge >= 0.3 is 0 Å². The van der Waals surface area contributed by atoms with Crippen molar-refractivity contribution in [3.8, 4) is 0 Å². The summed E-state index contributed by atoms with van der Waals surface area (Å²) in [5.74, 6) is 1.22. The van der Waals surface area contributed by atoms with Crippen LogP contribution in [0.3, 0.4) is 0 Å². The van der Waals surface area contributed by atoms with Gasteiger partial charge in [-0.15, -0.1) is 0 Å². The zero-order valence-corrected chi connectivity index (χ0v) is 13.8. The summed E-state index contributed by atoms with van der Waals surface area (Å²) < 4.78 is 0. The van der Waals surface area contributed by atoms with Crippen LogP contribution in [0.5, 0.6) is 0 Å². The maximum Gasteiger partial charge on any atom is 0.239 e. The first-order valence-corrected chi connectivity index (χ1v) is 8.28. The molecule has 1 unspecified atom stereocenters. The molecule has 5 nitrogen and oxygen atoms in total. The average molecular weight is 312 g/mol. The number of carbonyl (C=O) groups excluding carboxylic acids is 1. The Balaban J connectivity index is 1.55. The number of hydrogen-bond donors (Lipinski definition) is 2. The summed E-state index contributed by atoms with van der Waals surface area (Å²) in [5.41, 5.74) is 3.47. The van der Waals surface area contributed by atoms with Crippen LogP contribution in [0.25, 0.3) is 0 Å². The molecule has 122 valence electrons. The minimum Gasteiger partial charge on any atom is -0.308 e. The van der Waals surface area contributed by atoms with Crippen LogP contribution >= 0.6 is 0 Å². The molecule has 1 saturated heterocycles. The second-order valence-electron chi connectivity index (χ2n) is 6.21. The van der Waals surface area contributed by atoms with E-state index < -0.39 is 0 Å². The summed E-state index contributed by atoms with van der Waals surface area (Å²) >= 11 is 0. The molecule has 0 saturated carbocycles. The van der Waals surface area contributed by atoms with Gasteiger partial charge in [0, 0.05) is 17.8 Å². The van der Waals surface area contributed by atoms with Crippen LogP contribution < -0.4 is 5.32 Å². The minimum atomic E-state index is 0.0138. The molecular formula is C18H24N4O. The number of aryl methyl sites for hydroxylation is 1. The van der Waals surface area contributed by atoms with Crippen LogP contribution in [0.15, 0.2) is 30.3 Å². The summed E-state index contributed by atoms with van der Waals surface area (Å²) in [6.45, 7) is 6.38. The number of nitrogens with zero attached hydrogens (tertiary/aromatic N) is 2. The highest BCUT2D eigenvalue weighted by Crippen LogP contribution is 2.26. The number of aromatic nitrogens is 2. The number of amides is 1. The van der Waals surface area contributed by atoms with E-state index in [2.05, 4.69) is 51.6 Å². The van der Waals surface area contributed by atoms with Crippen molar-refractivity contribution < 1.29 is 4.79 Å². The fourth-order valence-electron chi connectivity index (χ4n) is 3.34. The summed E-state index contributed by atoms with van der Waals surface area (Å²) in [5, 5.41) is 10.1. The molecule has 1 aromatic carbocycles. The van der Waals surface area contributed by atoms with Crippen molar-refractivity contribution in [1.29, 1.82) is 0 Å². The van der Waals surface area contributed by atoms with Gasteiger partial charge in [-0.25, -0.2) is 0 Å². The Hall–Kier alpha value is -2.14. The van der Waals surface area contributed by atoms with E-state index in [9.17, 15) is 4.79 Å².